The lowest BCUT2D eigenvalue weighted by Gasteiger charge is -1.97. The van der Waals surface area contributed by atoms with Crippen LogP contribution < -0.4 is 0 Å². The Morgan fingerprint density at radius 2 is 2.00 bits per heavy atom. The van der Waals surface area contributed by atoms with Gasteiger partial charge in [0.15, 0.2) is 0 Å². The van der Waals surface area contributed by atoms with Gasteiger partial charge in [-0.2, -0.15) is 0 Å². The molecule has 48 valence electrons. The van der Waals surface area contributed by atoms with E-state index in [0.717, 1.165) is 0 Å². The summed E-state index contributed by atoms with van der Waals surface area (Å²) in [5.74, 6) is 0. The molecule has 0 amide bonds. The average molecular weight is 112 g/mol. The summed E-state index contributed by atoms with van der Waals surface area (Å²) in [4.78, 5) is 0. The van der Waals surface area contributed by atoms with Crippen molar-refractivity contribution in [2.75, 3.05) is 0 Å². The van der Waals surface area contributed by atoms with E-state index in [4.69, 9.17) is 0 Å². The van der Waals surface area contributed by atoms with Crippen molar-refractivity contribution in [1.29, 1.82) is 0 Å². The Hall–Kier alpha value is -0.260. The van der Waals surface area contributed by atoms with Crippen molar-refractivity contribution in [3.8, 4) is 0 Å². The Bertz CT molecular complexity index is 70.1. The molecule has 0 atom stereocenters. The Morgan fingerprint density at radius 3 is 2.12 bits per heavy atom. The van der Waals surface area contributed by atoms with E-state index >= 15 is 0 Å². The summed E-state index contributed by atoms with van der Waals surface area (Å²) in [5.41, 5.74) is 1.59. The molecular formula is C8H16. The predicted octanol–water partition coefficient (Wildman–Crippen LogP) is 3.14. The molecule has 0 saturated carbocycles. The van der Waals surface area contributed by atoms with E-state index in [-0.39, 0.29) is 0 Å². The molecule has 0 bridgehead atoms. The topological polar surface area (TPSA) is 0 Å². The van der Waals surface area contributed by atoms with Gasteiger partial charge in [-0.25, -0.2) is 0 Å². The minimum absolute atomic E-state index is 1.23. The third-order valence-electron chi connectivity index (χ3n) is 1.43. The second-order valence-electron chi connectivity index (χ2n) is 2.05. The van der Waals surface area contributed by atoms with Crippen molar-refractivity contribution >= 4 is 0 Å². The van der Waals surface area contributed by atoms with E-state index in [1.807, 2.05) is 0 Å². The maximum atomic E-state index is 2.23. The van der Waals surface area contributed by atoms with Crippen LogP contribution in [0.2, 0.25) is 0 Å². The third-order valence-corrected chi connectivity index (χ3v) is 1.43. The minimum atomic E-state index is 1.23. The van der Waals surface area contributed by atoms with Crippen LogP contribution in [0.5, 0.6) is 0 Å². The van der Waals surface area contributed by atoms with E-state index in [1.165, 1.54) is 19.3 Å². The van der Waals surface area contributed by atoms with Gasteiger partial charge >= 0.3 is 0 Å². The van der Waals surface area contributed by atoms with Crippen molar-refractivity contribution in [3.63, 3.8) is 0 Å². The number of allylic oxidation sites excluding steroid dienone is 2. The van der Waals surface area contributed by atoms with E-state index in [2.05, 4.69) is 26.8 Å². The molecule has 0 heteroatoms. The van der Waals surface area contributed by atoms with Gasteiger partial charge in [0.25, 0.3) is 0 Å². The largest absolute Gasteiger partial charge is 0.0885 e. The fraction of sp³-hybridized carbons (Fsp3) is 0.750. The smallest absolute Gasteiger partial charge is 0.0323 e. The fourth-order valence-corrected chi connectivity index (χ4v) is 0.846. The van der Waals surface area contributed by atoms with E-state index in [1.54, 1.807) is 5.57 Å². The third kappa shape index (κ3) is 2.84. The summed E-state index contributed by atoms with van der Waals surface area (Å²) < 4.78 is 0. The van der Waals surface area contributed by atoms with E-state index in [9.17, 15) is 0 Å². The lowest BCUT2D eigenvalue weighted by atomic mass is 10.1. The predicted molar refractivity (Wildman–Crippen MR) is 39.0 cm³/mol. The Balaban J connectivity index is 3.38. The van der Waals surface area contributed by atoms with Crippen molar-refractivity contribution in [3.05, 3.63) is 11.6 Å². The molecule has 0 heterocycles. The second-order valence-corrected chi connectivity index (χ2v) is 2.05. The van der Waals surface area contributed by atoms with Gasteiger partial charge in [0.2, 0.25) is 0 Å². The zero-order valence-electron chi connectivity index (χ0n) is 6.20. The van der Waals surface area contributed by atoms with E-state index < -0.39 is 0 Å². The molecule has 0 aliphatic carbocycles. The van der Waals surface area contributed by atoms with Crippen LogP contribution in [-0.4, -0.2) is 0 Å². The molecular weight excluding hydrogens is 96.1 g/mol. The quantitative estimate of drug-likeness (QED) is 0.492. The molecule has 0 aromatic heterocycles. The Morgan fingerprint density at radius 1 is 1.38 bits per heavy atom. The van der Waals surface area contributed by atoms with Crippen LogP contribution in [-0.2, 0) is 0 Å². The van der Waals surface area contributed by atoms with E-state index in [0.29, 0.717) is 0 Å². The molecule has 8 heavy (non-hydrogen) atoms. The summed E-state index contributed by atoms with van der Waals surface area (Å²) in [5, 5.41) is 0. The number of hydrogen-bond donors (Lipinski definition) is 0. The molecule has 0 aliphatic heterocycles. The Kier molecular flexibility index (Phi) is 4.73. The lowest BCUT2D eigenvalue weighted by molar-refractivity contribution is 0.856. The highest BCUT2D eigenvalue weighted by Crippen LogP contribution is 2.07. The molecule has 0 spiro atoms. The molecule has 0 saturated heterocycles. The molecule has 0 rings (SSSR count). The van der Waals surface area contributed by atoms with Gasteiger partial charge in [0, 0.05) is 0 Å². The average Bonchev–Trinajstić information content (AvgIpc) is 1.83. The molecule has 0 aliphatic rings. The maximum absolute atomic E-state index is 2.23. The number of hydrogen-bond acceptors (Lipinski definition) is 0. The minimum Gasteiger partial charge on any atom is -0.0885 e. The van der Waals surface area contributed by atoms with Gasteiger partial charge in [-0.15, -0.1) is 0 Å². The summed E-state index contributed by atoms with van der Waals surface area (Å²) >= 11 is 0. The summed E-state index contributed by atoms with van der Waals surface area (Å²) in [7, 11) is 0. The maximum Gasteiger partial charge on any atom is -0.0323 e. The highest BCUT2D eigenvalue weighted by molar-refractivity contribution is 4.98. The van der Waals surface area contributed by atoms with Crippen molar-refractivity contribution in [2.24, 2.45) is 0 Å². The molecule has 0 unspecified atom stereocenters. The van der Waals surface area contributed by atoms with Gasteiger partial charge in [0.1, 0.15) is 0 Å². The summed E-state index contributed by atoms with van der Waals surface area (Å²) in [6.45, 7) is 6.55. The van der Waals surface area contributed by atoms with Crippen LogP contribution in [0.25, 0.3) is 0 Å². The second kappa shape index (κ2) is 4.89. The first-order valence-electron chi connectivity index (χ1n) is 3.49. The Labute approximate surface area is 52.6 Å². The van der Waals surface area contributed by atoms with Crippen LogP contribution in [0.15, 0.2) is 11.6 Å². The van der Waals surface area contributed by atoms with Crippen LogP contribution in [0.4, 0.5) is 0 Å². The van der Waals surface area contributed by atoms with Crippen LogP contribution >= 0.6 is 0 Å². The van der Waals surface area contributed by atoms with Gasteiger partial charge in [-0.1, -0.05) is 31.9 Å². The first-order chi connectivity index (χ1) is 3.85. The van der Waals surface area contributed by atoms with Crippen molar-refractivity contribution < 1.29 is 0 Å². The van der Waals surface area contributed by atoms with Gasteiger partial charge < -0.3 is 0 Å². The van der Waals surface area contributed by atoms with Gasteiger partial charge in [-0.3, -0.25) is 0 Å². The van der Waals surface area contributed by atoms with Crippen LogP contribution in [0.1, 0.15) is 40.0 Å². The molecule has 0 radical (unpaired) electrons. The van der Waals surface area contributed by atoms with Crippen LogP contribution in [0.3, 0.4) is 0 Å². The van der Waals surface area contributed by atoms with Crippen molar-refractivity contribution in [2.45, 2.75) is 40.0 Å². The summed E-state index contributed by atoms with van der Waals surface area (Å²) in [6.07, 6.45) is 6.02. The fourth-order valence-electron chi connectivity index (χ4n) is 0.846. The highest BCUT2D eigenvalue weighted by Gasteiger charge is 1.86. The molecule has 0 aromatic carbocycles. The standard InChI is InChI=1S/C8H16/c1-4-7-8(5-2)6-3/h5H,4,6-7H2,1-3H3/b8-5-. The summed E-state index contributed by atoms with van der Waals surface area (Å²) in [6, 6.07) is 0. The molecule has 0 fully saturated rings. The normalized spacial score (nSPS) is 12.1. The first-order valence-corrected chi connectivity index (χ1v) is 3.49. The van der Waals surface area contributed by atoms with Gasteiger partial charge in [-0.05, 0) is 19.8 Å². The van der Waals surface area contributed by atoms with Crippen LogP contribution in [0, 0.1) is 0 Å². The zero-order chi connectivity index (χ0) is 6.41. The molecule has 0 aromatic rings. The molecule has 0 nitrogen and oxygen atoms in total. The first kappa shape index (κ1) is 7.74. The monoisotopic (exact) mass is 112 g/mol. The highest BCUT2D eigenvalue weighted by atomic mass is 13.9. The van der Waals surface area contributed by atoms with Gasteiger partial charge in [0.05, 0.1) is 0 Å². The van der Waals surface area contributed by atoms with Crippen molar-refractivity contribution in [1.82, 2.24) is 0 Å². The zero-order valence-corrected chi connectivity index (χ0v) is 6.20. The molecule has 0 N–H and O–H groups in total. The number of rotatable bonds is 3. The lowest BCUT2D eigenvalue weighted by Crippen LogP contribution is -1.76. The SMILES string of the molecule is C/C=C(/CC)CCC.